The highest BCUT2D eigenvalue weighted by Gasteiger charge is 2.17. The molecule has 0 aromatic heterocycles. The molecule has 1 N–H and O–H groups in total. The van der Waals surface area contributed by atoms with E-state index in [0.717, 1.165) is 0 Å². The van der Waals surface area contributed by atoms with E-state index in [1.165, 1.54) is 0 Å². The van der Waals surface area contributed by atoms with Gasteiger partial charge in [0, 0.05) is 27.8 Å². The molecule has 0 spiro atoms. The second kappa shape index (κ2) is 8.50. The molecule has 0 saturated carbocycles. The first-order valence-electron chi connectivity index (χ1n) is 5.42. The van der Waals surface area contributed by atoms with E-state index in [4.69, 9.17) is 14.2 Å². The number of carbonyl (C=O) groups is 1. The number of amides is 1. The minimum atomic E-state index is -0.413. The summed E-state index contributed by atoms with van der Waals surface area (Å²) >= 11 is 0. The molecule has 2 atom stereocenters. The number of hydrogen-bond acceptors (Lipinski definition) is 4. The van der Waals surface area contributed by atoms with Crippen molar-refractivity contribution in [2.75, 3.05) is 21.3 Å². The molecule has 5 heteroatoms. The summed E-state index contributed by atoms with van der Waals surface area (Å²) in [6.07, 6.45) is 0.838. The Morgan fingerprint density at radius 2 is 1.69 bits per heavy atom. The van der Waals surface area contributed by atoms with Crippen LogP contribution < -0.4 is 5.32 Å². The molecule has 0 aromatic carbocycles. The fourth-order valence-electron chi connectivity index (χ4n) is 1.35. The van der Waals surface area contributed by atoms with Gasteiger partial charge in [0.15, 0.2) is 6.29 Å². The number of methoxy groups -OCH3 is 3. The zero-order valence-electron chi connectivity index (χ0n) is 10.8. The van der Waals surface area contributed by atoms with E-state index in [0.29, 0.717) is 12.8 Å². The summed E-state index contributed by atoms with van der Waals surface area (Å²) in [5.74, 6) is -0.0181. The Morgan fingerprint density at radius 3 is 2.12 bits per heavy atom. The van der Waals surface area contributed by atoms with E-state index in [1.807, 2.05) is 13.8 Å². The van der Waals surface area contributed by atoms with E-state index < -0.39 is 6.29 Å². The fraction of sp³-hybridized carbons (Fsp3) is 0.909. The van der Waals surface area contributed by atoms with Crippen LogP contribution in [0, 0.1) is 0 Å². The number of rotatable bonds is 8. The van der Waals surface area contributed by atoms with Crippen molar-refractivity contribution in [1.29, 1.82) is 0 Å². The Labute approximate surface area is 97.4 Å². The van der Waals surface area contributed by atoms with Crippen LogP contribution in [0.4, 0.5) is 0 Å². The zero-order chi connectivity index (χ0) is 12.6. The first kappa shape index (κ1) is 15.3. The molecule has 2 unspecified atom stereocenters. The molecule has 0 aliphatic heterocycles. The minimum absolute atomic E-state index is 0.0181. The Morgan fingerprint density at radius 1 is 1.12 bits per heavy atom. The third-order valence-corrected chi connectivity index (χ3v) is 2.44. The summed E-state index contributed by atoms with van der Waals surface area (Å²) in [4.78, 5) is 11.5. The summed E-state index contributed by atoms with van der Waals surface area (Å²) in [7, 11) is 4.73. The predicted molar refractivity (Wildman–Crippen MR) is 61.1 cm³/mol. The van der Waals surface area contributed by atoms with Crippen LogP contribution in [0.15, 0.2) is 0 Å². The lowest BCUT2D eigenvalue weighted by Crippen LogP contribution is -2.43. The molecule has 5 nitrogen and oxygen atoms in total. The lowest BCUT2D eigenvalue weighted by Gasteiger charge is -2.22. The molecule has 0 heterocycles. The van der Waals surface area contributed by atoms with Crippen LogP contribution in [0.1, 0.15) is 26.7 Å². The van der Waals surface area contributed by atoms with Crippen LogP contribution in [0.25, 0.3) is 0 Å². The molecule has 0 bridgehead atoms. The highest BCUT2D eigenvalue weighted by molar-refractivity contribution is 5.76. The van der Waals surface area contributed by atoms with Crippen molar-refractivity contribution >= 4 is 5.91 Å². The average Bonchev–Trinajstić information content (AvgIpc) is 2.27. The van der Waals surface area contributed by atoms with Crippen LogP contribution in [-0.2, 0) is 19.0 Å². The normalized spacial score (nSPS) is 14.9. The largest absolute Gasteiger partial charge is 0.382 e. The van der Waals surface area contributed by atoms with Crippen molar-refractivity contribution in [3.05, 3.63) is 0 Å². The van der Waals surface area contributed by atoms with Crippen molar-refractivity contribution in [2.45, 2.75) is 45.1 Å². The quantitative estimate of drug-likeness (QED) is 0.633. The predicted octanol–water partition coefficient (Wildman–Crippen LogP) is 0.925. The van der Waals surface area contributed by atoms with Gasteiger partial charge < -0.3 is 19.5 Å². The van der Waals surface area contributed by atoms with Gasteiger partial charge in [0.1, 0.15) is 0 Å². The van der Waals surface area contributed by atoms with E-state index in [-0.39, 0.29) is 18.1 Å². The van der Waals surface area contributed by atoms with Gasteiger partial charge in [-0.05, 0) is 20.3 Å². The first-order valence-corrected chi connectivity index (χ1v) is 5.42. The molecule has 0 aliphatic carbocycles. The van der Waals surface area contributed by atoms with Gasteiger partial charge in [-0.15, -0.1) is 0 Å². The van der Waals surface area contributed by atoms with E-state index in [9.17, 15) is 4.79 Å². The maximum absolute atomic E-state index is 11.5. The van der Waals surface area contributed by atoms with Gasteiger partial charge in [-0.3, -0.25) is 4.79 Å². The van der Waals surface area contributed by atoms with E-state index in [1.54, 1.807) is 21.3 Å². The van der Waals surface area contributed by atoms with Crippen LogP contribution in [0.3, 0.4) is 0 Å². The standard InChI is InChI=1S/C11H23NO4/c1-8(14-3)6-7-10(13)12-9(2)11(15-4)16-5/h8-9,11H,6-7H2,1-5H3,(H,12,13). The first-order chi connectivity index (χ1) is 7.54. The number of ether oxygens (including phenoxy) is 3. The summed E-state index contributed by atoms with van der Waals surface area (Å²) in [6.45, 7) is 3.78. The molecule has 0 saturated heterocycles. The zero-order valence-corrected chi connectivity index (χ0v) is 10.8. The second-order valence-corrected chi connectivity index (χ2v) is 3.78. The Bertz CT molecular complexity index is 194. The maximum atomic E-state index is 11.5. The molecule has 0 aromatic rings. The smallest absolute Gasteiger partial charge is 0.220 e. The maximum Gasteiger partial charge on any atom is 0.220 e. The van der Waals surface area contributed by atoms with Gasteiger partial charge in [0.05, 0.1) is 12.1 Å². The van der Waals surface area contributed by atoms with Crippen LogP contribution in [-0.4, -0.2) is 45.7 Å². The van der Waals surface area contributed by atoms with Crippen molar-refractivity contribution in [3.63, 3.8) is 0 Å². The van der Waals surface area contributed by atoms with Gasteiger partial charge >= 0.3 is 0 Å². The average molecular weight is 233 g/mol. The monoisotopic (exact) mass is 233 g/mol. The summed E-state index contributed by atoms with van der Waals surface area (Å²) in [6, 6.07) is -0.166. The molecule has 16 heavy (non-hydrogen) atoms. The van der Waals surface area contributed by atoms with E-state index >= 15 is 0 Å². The number of carbonyl (C=O) groups excluding carboxylic acids is 1. The van der Waals surface area contributed by atoms with Gasteiger partial charge in [-0.25, -0.2) is 0 Å². The Kier molecular flexibility index (Phi) is 8.15. The number of hydrogen-bond donors (Lipinski definition) is 1. The molecular weight excluding hydrogens is 210 g/mol. The Balaban J connectivity index is 3.86. The van der Waals surface area contributed by atoms with Gasteiger partial charge in [-0.2, -0.15) is 0 Å². The molecular formula is C11H23NO4. The van der Waals surface area contributed by atoms with E-state index in [2.05, 4.69) is 5.32 Å². The Hall–Kier alpha value is -0.650. The van der Waals surface area contributed by atoms with Crippen molar-refractivity contribution in [1.82, 2.24) is 5.32 Å². The van der Waals surface area contributed by atoms with Crippen LogP contribution >= 0.6 is 0 Å². The second-order valence-electron chi connectivity index (χ2n) is 3.78. The van der Waals surface area contributed by atoms with Gasteiger partial charge in [-0.1, -0.05) is 0 Å². The highest BCUT2D eigenvalue weighted by atomic mass is 16.7. The molecule has 0 aliphatic rings. The van der Waals surface area contributed by atoms with Crippen molar-refractivity contribution < 1.29 is 19.0 Å². The third-order valence-electron chi connectivity index (χ3n) is 2.44. The molecule has 96 valence electrons. The SMILES string of the molecule is COC(C)CCC(=O)NC(C)C(OC)OC. The van der Waals surface area contributed by atoms with Crippen LogP contribution in [0.5, 0.6) is 0 Å². The number of nitrogens with one attached hydrogen (secondary N) is 1. The fourth-order valence-corrected chi connectivity index (χ4v) is 1.35. The summed E-state index contributed by atoms with van der Waals surface area (Å²) in [5, 5.41) is 2.82. The molecule has 0 rings (SSSR count). The van der Waals surface area contributed by atoms with Crippen molar-refractivity contribution in [2.24, 2.45) is 0 Å². The van der Waals surface area contributed by atoms with Gasteiger partial charge in [0.25, 0.3) is 0 Å². The topological polar surface area (TPSA) is 56.8 Å². The van der Waals surface area contributed by atoms with Gasteiger partial charge in [0.2, 0.25) is 5.91 Å². The molecule has 1 amide bonds. The van der Waals surface area contributed by atoms with Crippen molar-refractivity contribution in [3.8, 4) is 0 Å². The third kappa shape index (κ3) is 6.05. The van der Waals surface area contributed by atoms with Crippen LogP contribution in [0.2, 0.25) is 0 Å². The molecule has 0 fully saturated rings. The highest BCUT2D eigenvalue weighted by Crippen LogP contribution is 2.02. The lowest BCUT2D eigenvalue weighted by molar-refractivity contribution is -0.136. The summed E-state index contributed by atoms with van der Waals surface area (Å²) < 4.78 is 15.2. The lowest BCUT2D eigenvalue weighted by atomic mass is 10.2. The minimum Gasteiger partial charge on any atom is -0.382 e. The molecule has 0 radical (unpaired) electrons. The summed E-state index contributed by atoms with van der Waals surface area (Å²) in [5.41, 5.74) is 0.